The van der Waals surface area contributed by atoms with Crippen LogP contribution in [0.2, 0.25) is 0 Å². The zero-order valence-electron chi connectivity index (χ0n) is 14.2. The number of hydrogen-bond acceptors (Lipinski definition) is 3. The molecule has 0 atom stereocenters. The number of aryl methyl sites for hydroxylation is 2. The first-order chi connectivity index (χ1) is 11.9. The number of urea groups is 1. The van der Waals surface area contributed by atoms with Gasteiger partial charge in [0, 0.05) is 38.9 Å². The van der Waals surface area contributed by atoms with Crippen molar-refractivity contribution in [2.24, 2.45) is 7.05 Å². The van der Waals surface area contributed by atoms with Gasteiger partial charge in [-0.1, -0.05) is 0 Å². The van der Waals surface area contributed by atoms with Gasteiger partial charge < -0.3 is 15.1 Å². The Morgan fingerprint density at radius 3 is 2.24 bits per heavy atom. The second-order valence-corrected chi connectivity index (χ2v) is 6.01. The second-order valence-electron chi connectivity index (χ2n) is 6.01. The molecule has 1 aliphatic rings. The van der Waals surface area contributed by atoms with E-state index >= 15 is 0 Å². The molecule has 1 aliphatic heterocycles. The van der Waals surface area contributed by atoms with Crippen molar-refractivity contribution in [2.45, 2.75) is 6.92 Å². The molecule has 2 aromatic rings. The standard InChI is InChI=1S/C17H20FN5O2/c1-12-11-15(21(2)20-12)16(24)22-7-9-23(10-8-22)17(25)19-14-5-3-13(18)4-6-14/h3-6,11H,7-10H2,1-2H3,(H,19,25). The van der Waals surface area contributed by atoms with E-state index in [1.54, 1.807) is 27.6 Å². The van der Waals surface area contributed by atoms with Crippen LogP contribution in [0, 0.1) is 12.7 Å². The van der Waals surface area contributed by atoms with E-state index < -0.39 is 0 Å². The molecule has 25 heavy (non-hydrogen) atoms. The van der Waals surface area contributed by atoms with Gasteiger partial charge in [0.25, 0.3) is 5.91 Å². The van der Waals surface area contributed by atoms with Crippen LogP contribution in [-0.2, 0) is 7.05 Å². The Labute approximate surface area is 145 Å². The number of amides is 3. The van der Waals surface area contributed by atoms with E-state index in [2.05, 4.69) is 10.4 Å². The van der Waals surface area contributed by atoms with Crippen LogP contribution >= 0.6 is 0 Å². The first-order valence-corrected chi connectivity index (χ1v) is 8.05. The summed E-state index contributed by atoms with van der Waals surface area (Å²) in [5, 5.41) is 6.92. The molecule has 0 spiro atoms. The van der Waals surface area contributed by atoms with Crippen molar-refractivity contribution in [3.8, 4) is 0 Å². The molecule has 2 heterocycles. The molecule has 7 nitrogen and oxygen atoms in total. The monoisotopic (exact) mass is 345 g/mol. The van der Waals surface area contributed by atoms with E-state index in [1.165, 1.54) is 24.3 Å². The maximum Gasteiger partial charge on any atom is 0.321 e. The van der Waals surface area contributed by atoms with Crippen molar-refractivity contribution in [3.05, 3.63) is 47.5 Å². The maximum absolute atomic E-state index is 12.9. The fraction of sp³-hybridized carbons (Fsp3) is 0.353. The van der Waals surface area contributed by atoms with Gasteiger partial charge in [-0.25, -0.2) is 9.18 Å². The summed E-state index contributed by atoms with van der Waals surface area (Å²) in [6.07, 6.45) is 0. The van der Waals surface area contributed by atoms with E-state index in [4.69, 9.17) is 0 Å². The van der Waals surface area contributed by atoms with Crippen LogP contribution in [0.25, 0.3) is 0 Å². The predicted octanol–water partition coefficient (Wildman–Crippen LogP) is 1.86. The number of benzene rings is 1. The molecule has 0 unspecified atom stereocenters. The molecule has 3 rings (SSSR count). The molecule has 0 bridgehead atoms. The summed E-state index contributed by atoms with van der Waals surface area (Å²) >= 11 is 0. The first kappa shape index (κ1) is 16.9. The lowest BCUT2D eigenvalue weighted by molar-refractivity contribution is 0.0661. The summed E-state index contributed by atoms with van der Waals surface area (Å²) in [4.78, 5) is 28.2. The van der Waals surface area contributed by atoms with Gasteiger partial charge in [-0.15, -0.1) is 0 Å². The van der Waals surface area contributed by atoms with Crippen molar-refractivity contribution < 1.29 is 14.0 Å². The third-order valence-electron chi connectivity index (χ3n) is 4.17. The Morgan fingerprint density at radius 1 is 1.08 bits per heavy atom. The van der Waals surface area contributed by atoms with Crippen LogP contribution in [0.15, 0.2) is 30.3 Å². The average molecular weight is 345 g/mol. The Morgan fingerprint density at radius 2 is 1.68 bits per heavy atom. The van der Waals surface area contributed by atoms with Gasteiger partial charge in [0.1, 0.15) is 11.5 Å². The van der Waals surface area contributed by atoms with Crippen LogP contribution in [-0.4, -0.2) is 57.7 Å². The number of rotatable bonds is 2. The highest BCUT2D eigenvalue weighted by Gasteiger charge is 2.26. The molecule has 0 aliphatic carbocycles. The Hall–Kier alpha value is -2.90. The number of nitrogens with zero attached hydrogens (tertiary/aromatic N) is 4. The smallest absolute Gasteiger partial charge is 0.321 e. The van der Waals surface area contributed by atoms with E-state index in [0.717, 1.165) is 5.69 Å². The SMILES string of the molecule is Cc1cc(C(=O)N2CCN(C(=O)Nc3ccc(F)cc3)CC2)n(C)n1. The Bertz CT molecular complexity index is 779. The molecular formula is C17H20FN5O2. The highest BCUT2D eigenvalue weighted by Crippen LogP contribution is 2.13. The van der Waals surface area contributed by atoms with Crippen molar-refractivity contribution >= 4 is 17.6 Å². The average Bonchev–Trinajstić information content (AvgIpc) is 2.94. The quantitative estimate of drug-likeness (QED) is 0.903. The van der Waals surface area contributed by atoms with E-state index in [9.17, 15) is 14.0 Å². The lowest BCUT2D eigenvalue weighted by Crippen LogP contribution is -2.51. The van der Waals surface area contributed by atoms with E-state index in [1.807, 2.05) is 6.92 Å². The maximum atomic E-state index is 12.9. The zero-order chi connectivity index (χ0) is 18.0. The number of piperazine rings is 1. The molecule has 0 saturated carbocycles. The molecule has 1 N–H and O–H groups in total. The summed E-state index contributed by atoms with van der Waals surface area (Å²) in [6.45, 7) is 3.64. The van der Waals surface area contributed by atoms with E-state index in [-0.39, 0.29) is 17.8 Å². The summed E-state index contributed by atoms with van der Waals surface area (Å²) in [5.41, 5.74) is 1.88. The third kappa shape index (κ3) is 3.78. The molecule has 0 radical (unpaired) electrons. The van der Waals surface area contributed by atoms with Gasteiger partial charge in [-0.2, -0.15) is 5.10 Å². The minimum atomic E-state index is -0.351. The second kappa shape index (κ2) is 6.92. The lowest BCUT2D eigenvalue weighted by atomic mass is 10.2. The minimum Gasteiger partial charge on any atom is -0.334 e. The molecule has 1 fully saturated rings. The number of anilines is 1. The largest absolute Gasteiger partial charge is 0.334 e. The highest BCUT2D eigenvalue weighted by atomic mass is 19.1. The number of carbonyl (C=O) groups is 2. The minimum absolute atomic E-state index is 0.0818. The van der Waals surface area contributed by atoms with Crippen LogP contribution < -0.4 is 5.32 Å². The number of carbonyl (C=O) groups excluding carboxylic acids is 2. The number of aromatic nitrogens is 2. The Kier molecular flexibility index (Phi) is 4.69. The van der Waals surface area contributed by atoms with Gasteiger partial charge in [0.05, 0.1) is 5.69 Å². The molecule has 8 heteroatoms. The summed E-state index contributed by atoms with van der Waals surface area (Å²) < 4.78 is 14.5. The number of nitrogens with one attached hydrogen (secondary N) is 1. The lowest BCUT2D eigenvalue weighted by Gasteiger charge is -2.34. The normalized spacial score (nSPS) is 14.5. The molecular weight excluding hydrogens is 325 g/mol. The molecule has 132 valence electrons. The van der Waals surface area contributed by atoms with Gasteiger partial charge in [-0.3, -0.25) is 9.48 Å². The first-order valence-electron chi connectivity index (χ1n) is 8.05. The van der Waals surface area contributed by atoms with Gasteiger partial charge >= 0.3 is 6.03 Å². The Balaban J connectivity index is 1.56. The number of halogens is 1. The zero-order valence-corrected chi connectivity index (χ0v) is 14.2. The fourth-order valence-corrected chi connectivity index (χ4v) is 2.82. The molecule has 1 aromatic heterocycles. The topological polar surface area (TPSA) is 70.5 Å². The highest BCUT2D eigenvalue weighted by molar-refractivity contribution is 5.93. The molecule has 1 aromatic carbocycles. The predicted molar refractivity (Wildman–Crippen MR) is 90.8 cm³/mol. The van der Waals surface area contributed by atoms with E-state index in [0.29, 0.717) is 37.6 Å². The van der Waals surface area contributed by atoms with Gasteiger partial charge in [-0.05, 0) is 37.3 Å². The van der Waals surface area contributed by atoms with Crippen LogP contribution in [0.3, 0.4) is 0 Å². The van der Waals surface area contributed by atoms with Crippen LogP contribution in [0.5, 0.6) is 0 Å². The third-order valence-corrected chi connectivity index (χ3v) is 4.17. The summed E-state index contributed by atoms with van der Waals surface area (Å²) in [6, 6.07) is 7.12. The van der Waals surface area contributed by atoms with Crippen molar-refractivity contribution in [1.29, 1.82) is 0 Å². The van der Waals surface area contributed by atoms with Crippen LogP contribution in [0.1, 0.15) is 16.2 Å². The van der Waals surface area contributed by atoms with Gasteiger partial charge in [0.15, 0.2) is 0 Å². The molecule has 1 saturated heterocycles. The summed E-state index contributed by atoms with van der Waals surface area (Å²) in [7, 11) is 1.74. The van der Waals surface area contributed by atoms with Crippen molar-refractivity contribution in [2.75, 3.05) is 31.5 Å². The van der Waals surface area contributed by atoms with Crippen molar-refractivity contribution in [1.82, 2.24) is 19.6 Å². The number of hydrogen-bond donors (Lipinski definition) is 1. The summed E-state index contributed by atoms with van der Waals surface area (Å²) in [5.74, 6) is -0.433. The van der Waals surface area contributed by atoms with Crippen LogP contribution in [0.4, 0.5) is 14.9 Å². The molecule has 3 amide bonds. The fourth-order valence-electron chi connectivity index (χ4n) is 2.82. The van der Waals surface area contributed by atoms with Gasteiger partial charge in [0.2, 0.25) is 0 Å². The van der Waals surface area contributed by atoms with Crippen molar-refractivity contribution in [3.63, 3.8) is 0 Å².